The Labute approximate surface area is 86.0 Å². The van der Waals surface area contributed by atoms with Gasteiger partial charge >= 0.3 is 0 Å². The second kappa shape index (κ2) is 6.68. The van der Waals surface area contributed by atoms with Crippen LogP contribution in [0, 0.1) is 5.92 Å². The van der Waals surface area contributed by atoms with Crippen molar-refractivity contribution in [3.05, 3.63) is 0 Å². The second-order valence-electron chi connectivity index (χ2n) is 4.08. The van der Waals surface area contributed by atoms with Gasteiger partial charge in [0.15, 0.2) is 0 Å². The zero-order valence-corrected chi connectivity index (χ0v) is 9.41. The average Bonchev–Trinajstić information content (AvgIpc) is 2.59. The van der Waals surface area contributed by atoms with Crippen LogP contribution in [0.1, 0.15) is 26.2 Å². The van der Waals surface area contributed by atoms with Crippen molar-refractivity contribution in [1.82, 2.24) is 5.32 Å². The molecule has 3 N–H and O–H groups in total. The summed E-state index contributed by atoms with van der Waals surface area (Å²) in [5, 5.41) is 3.26. The van der Waals surface area contributed by atoms with E-state index >= 15 is 0 Å². The highest BCUT2D eigenvalue weighted by Gasteiger charge is 2.13. The van der Waals surface area contributed by atoms with Crippen LogP contribution in [0.5, 0.6) is 0 Å². The Morgan fingerprint density at radius 1 is 1.23 bits per heavy atom. The van der Waals surface area contributed by atoms with Gasteiger partial charge in [-0.25, -0.2) is 0 Å². The van der Waals surface area contributed by atoms with Crippen molar-refractivity contribution in [1.29, 1.82) is 0 Å². The van der Waals surface area contributed by atoms with Gasteiger partial charge in [0.05, 0.1) is 0 Å². The minimum absolute atomic E-state index is 0.402. The SMILES string of the molecule is C1CCSC1.CC1CNCC(N)C1. The third kappa shape index (κ3) is 5.55. The third-order valence-corrected chi connectivity index (χ3v) is 3.59. The summed E-state index contributed by atoms with van der Waals surface area (Å²) in [6, 6.07) is 0.402. The molecular weight excluding hydrogens is 180 g/mol. The number of hydrogen-bond donors (Lipinski definition) is 2. The topological polar surface area (TPSA) is 38.0 Å². The fraction of sp³-hybridized carbons (Fsp3) is 1.00. The quantitative estimate of drug-likeness (QED) is 0.624. The molecule has 0 amide bonds. The van der Waals surface area contributed by atoms with Crippen LogP contribution in [0.25, 0.3) is 0 Å². The van der Waals surface area contributed by atoms with Gasteiger partial charge < -0.3 is 11.1 Å². The molecule has 2 aliphatic rings. The van der Waals surface area contributed by atoms with E-state index in [1.807, 2.05) is 0 Å². The molecule has 0 spiro atoms. The van der Waals surface area contributed by atoms with Crippen LogP contribution in [-0.4, -0.2) is 30.6 Å². The maximum Gasteiger partial charge on any atom is 0.0168 e. The van der Waals surface area contributed by atoms with Crippen LogP contribution in [0.3, 0.4) is 0 Å². The van der Waals surface area contributed by atoms with Gasteiger partial charge in [-0.2, -0.15) is 11.8 Å². The summed E-state index contributed by atoms with van der Waals surface area (Å²) in [4.78, 5) is 0. The normalized spacial score (nSPS) is 33.7. The van der Waals surface area contributed by atoms with Gasteiger partial charge in [-0.3, -0.25) is 0 Å². The standard InChI is InChI=1S/C6H14N2.C4H8S/c1-5-2-6(7)4-8-3-5;1-2-4-5-3-1/h5-6,8H,2-4,7H2,1H3;1-4H2. The summed E-state index contributed by atoms with van der Waals surface area (Å²) in [5.74, 6) is 3.61. The second-order valence-corrected chi connectivity index (χ2v) is 5.30. The molecule has 2 aliphatic heterocycles. The van der Waals surface area contributed by atoms with Gasteiger partial charge in [-0.1, -0.05) is 6.92 Å². The van der Waals surface area contributed by atoms with E-state index in [1.54, 1.807) is 0 Å². The van der Waals surface area contributed by atoms with Crippen LogP contribution >= 0.6 is 11.8 Å². The number of thioether (sulfide) groups is 1. The van der Waals surface area contributed by atoms with E-state index in [2.05, 4.69) is 24.0 Å². The van der Waals surface area contributed by atoms with E-state index in [4.69, 9.17) is 5.73 Å². The van der Waals surface area contributed by atoms with Crippen LogP contribution in [0.4, 0.5) is 0 Å². The van der Waals surface area contributed by atoms with Crippen molar-refractivity contribution in [2.45, 2.75) is 32.2 Å². The fourth-order valence-corrected chi connectivity index (χ4v) is 2.73. The van der Waals surface area contributed by atoms with E-state index in [0.29, 0.717) is 6.04 Å². The van der Waals surface area contributed by atoms with Crippen molar-refractivity contribution in [2.75, 3.05) is 24.6 Å². The molecule has 2 heterocycles. The lowest BCUT2D eigenvalue weighted by atomic mass is 9.99. The first kappa shape index (κ1) is 11.3. The van der Waals surface area contributed by atoms with Crippen molar-refractivity contribution in [3.63, 3.8) is 0 Å². The first-order chi connectivity index (χ1) is 6.29. The molecule has 2 rings (SSSR count). The summed E-state index contributed by atoms with van der Waals surface area (Å²) in [6.45, 7) is 4.38. The third-order valence-electron chi connectivity index (χ3n) is 2.43. The number of nitrogens with one attached hydrogen (secondary N) is 1. The van der Waals surface area contributed by atoms with E-state index in [0.717, 1.165) is 19.0 Å². The molecule has 0 aromatic carbocycles. The summed E-state index contributed by atoms with van der Waals surface area (Å²) in [6.07, 6.45) is 4.11. The maximum absolute atomic E-state index is 5.66. The molecule has 2 atom stereocenters. The zero-order chi connectivity index (χ0) is 9.52. The van der Waals surface area contributed by atoms with Crippen molar-refractivity contribution in [3.8, 4) is 0 Å². The Morgan fingerprint density at radius 2 is 1.92 bits per heavy atom. The van der Waals surface area contributed by atoms with Gasteiger partial charge in [-0.15, -0.1) is 0 Å². The lowest BCUT2D eigenvalue weighted by molar-refractivity contribution is 0.364. The Morgan fingerprint density at radius 3 is 2.23 bits per heavy atom. The summed E-state index contributed by atoms with van der Waals surface area (Å²) >= 11 is 2.07. The largest absolute Gasteiger partial charge is 0.327 e. The highest BCUT2D eigenvalue weighted by Crippen LogP contribution is 2.14. The van der Waals surface area contributed by atoms with Gasteiger partial charge in [-0.05, 0) is 43.2 Å². The Balaban J connectivity index is 0.000000145. The lowest BCUT2D eigenvalue weighted by Crippen LogP contribution is -2.43. The Kier molecular flexibility index (Phi) is 5.83. The molecule has 13 heavy (non-hydrogen) atoms. The first-order valence-corrected chi connectivity index (χ1v) is 6.48. The van der Waals surface area contributed by atoms with E-state index in [-0.39, 0.29) is 0 Å². The summed E-state index contributed by atoms with van der Waals surface area (Å²) < 4.78 is 0. The Hall–Kier alpha value is 0.270. The van der Waals surface area contributed by atoms with Crippen molar-refractivity contribution < 1.29 is 0 Å². The number of nitrogens with two attached hydrogens (primary N) is 1. The molecule has 0 aliphatic carbocycles. The van der Waals surface area contributed by atoms with Crippen LogP contribution in [0.2, 0.25) is 0 Å². The molecule has 3 heteroatoms. The molecular formula is C10H22N2S. The number of hydrogen-bond acceptors (Lipinski definition) is 3. The number of piperidine rings is 1. The van der Waals surface area contributed by atoms with Gasteiger partial charge in [0.25, 0.3) is 0 Å². The molecule has 2 fully saturated rings. The molecule has 78 valence electrons. The van der Waals surface area contributed by atoms with E-state index in [1.165, 1.54) is 30.8 Å². The fourth-order valence-electron chi connectivity index (χ4n) is 1.71. The smallest absolute Gasteiger partial charge is 0.0168 e. The molecule has 0 radical (unpaired) electrons. The van der Waals surface area contributed by atoms with Crippen LogP contribution < -0.4 is 11.1 Å². The summed E-state index contributed by atoms with van der Waals surface area (Å²) in [7, 11) is 0. The van der Waals surface area contributed by atoms with E-state index < -0.39 is 0 Å². The molecule has 0 bridgehead atoms. The minimum Gasteiger partial charge on any atom is -0.327 e. The summed E-state index contributed by atoms with van der Waals surface area (Å²) in [5.41, 5.74) is 5.66. The number of rotatable bonds is 0. The van der Waals surface area contributed by atoms with Gasteiger partial charge in [0.2, 0.25) is 0 Å². The maximum atomic E-state index is 5.66. The predicted octanol–water partition coefficient (Wildman–Crippen LogP) is 1.46. The molecule has 2 unspecified atom stereocenters. The zero-order valence-electron chi connectivity index (χ0n) is 8.59. The van der Waals surface area contributed by atoms with Crippen molar-refractivity contribution >= 4 is 11.8 Å². The minimum atomic E-state index is 0.402. The lowest BCUT2D eigenvalue weighted by Gasteiger charge is -2.24. The van der Waals surface area contributed by atoms with Gasteiger partial charge in [0.1, 0.15) is 0 Å². The average molecular weight is 202 g/mol. The molecule has 0 aromatic rings. The highest BCUT2D eigenvalue weighted by molar-refractivity contribution is 7.99. The van der Waals surface area contributed by atoms with Crippen LogP contribution in [0.15, 0.2) is 0 Å². The predicted molar refractivity (Wildman–Crippen MR) is 61.2 cm³/mol. The van der Waals surface area contributed by atoms with Crippen LogP contribution in [-0.2, 0) is 0 Å². The Bertz CT molecular complexity index is 110. The molecule has 2 nitrogen and oxygen atoms in total. The van der Waals surface area contributed by atoms with Gasteiger partial charge in [0, 0.05) is 12.6 Å². The molecule has 0 aromatic heterocycles. The van der Waals surface area contributed by atoms with Crippen molar-refractivity contribution in [2.24, 2.45) is 11.7 Å². The molecule has 0 saturated carbocycles. The monoisotopic (exact) mass is 202 g/mol. The first-order valence-electron chi connectivity index (χ1n) is 5.33. The highest BCUT2D eigenvalue weighted by atomic mass is 32.2. The van der Waals surface area contributed by atoms with E-state index in [9.17, 15) is 0 Å². The molecule has 2 saturated heterocycles.